The van der Waals surface area contributed by atoms with Crippen molar-refractivity contribution in [3.05, 3.63) is 64.7 Å². The Labute approximate surface area is 236 Å². The highest BCUT2D eigenvalue weighted by atomic mass is 35.5. The van der Waals surface area contributed by atoms with E-state index in [-0.39, 0.29) is 5.75 Å². The van der Waals surface area contributed by atoms with Crippen molar-refractivity contribution < 1.29 is 13.2 Å². The van der Waals surface area contributed by atoms with E-state index in [0.29, 0.717) is 38.3 Å². The molecule has 1 saturated heterocycles. The first-order valence-electron chi connectivity index (χ1n) is 13.5. The highest BCUT2D eigenvalue weighted by Gasteiger charge is 2.28. The number of fused-ring (bicyclic) bond motifs is 2. The van der Waals surface area contributed by atoms with E-state index in [9.17, 15) is 8.42 Å². The van der Waals surface area contributed by atoms with Crippen LogP contribution in [0.15, 0.2) is 48.4 Å². The maximum absolute atomic E-state index is 12.2. The first-order valence-corrected chi connectivity index (χ1v) is 15.6. The second-order valence-corrected chi connectivity index (χ2v) is 12.7. The Hall–Kier alpha value is -2.88. The second kappa shape index (κ2) is 11.7. The maximum atomic E-state index is 12.2. The molecule has 1 aromatic heterocycles. The number of ether oxygens (including phenoxy) is 1. The fourth-order valence-corrected chi connectivity index (χ4v) is 6.48. The van der Waals surface area contributed by atoms with Crippen molar-refractivity contribution >= 4 is 43.7 Å². The first-order chi connectivity index (χ1) is 18.8. The summed E-state index contributed by atoms with van der Waals surface area (Å²) in [7, 11) is -1.22. The molecule has 1 atom stereocenters. The number of hydrogen-bond donors (Lipinski definition) is 0. The van der Waals surface area contributed by atoms with Crippen molar-refractivity contribution in [3.8, 4) is 6.01 Å². The third-order valence-corrected chi connectivity index (χ3v) is 9.43. The SMILES string of the molecule is C=CS(=O)(=O)CCN(CC)c1nc(OC[C@@H]2CCCN2C)nc2c1CCN(c1cccc3cccc(Cl)c13)C2. The summed E-state index contributed by atoms with van der Waals surface area (Å²) in [5.74, 6) is 0.736. The first kappa shape index (κ1) is 27.7. The number of rotatable bonds is 10. The molecule has 0 unspecified atom stereocenters. The molecule has 2 aromatic carbocycles. The van der Waals surface area contributed by atoms with Gasteiger partial charge in [-0.05, 0) is 57.3 Å². The summed E-state index contributed by atoms with van der Waals surface area (Å²) in [5, 5.41) is 3.88. The Kier molecular flexibility index (Phi) is 8.30. The molecule has 8 nitrogen and oxygen atoms in total. The predicted octanol–water partition coefficient (Wildman–Crippen LogP) is 4.70. The summed E-state index contributed by atoms with van der Waals surface area (Å²) >= 11 is 6.65. The van der Waals surface area contributed by atoms with Gasteiger partial charge in [0.2, 0.25) is 0 Å². The van der Waals surface area contributed by atoms with Crippen LogP contribution in [0.5, 0.6) is 6.01 Å². The van der Waals surface area contributed by atoms with Gasteiger partial charge in [-0.3, -0.25) is 0 Å². The molecule has 0 saturated carbocycles. The van der Waals surface area contributed by atoms with Crippen LogP contribution in [-0.4, -0.2) is 74.9 Å². The second-order valence-electron chi connectivity index (χ2n) is 10.2. The number of aromatic nitrogens is 2. The van der Waals surface area contributed by atoms with E-state index in [4.69, 9.17) is 26.3 Å². The monoisotopic (exact) mass is 569 g/mol. The van der Waals surface area contributed by atoms with Gasteiger partial charge >= 0.3 is 6.01 Å². The molecule has 5 rings (SSSR count). The Bertz CT molecular complexity index is 1460. The van der Waals surface area contributed by atoms with Crippen LogP contribution in [0.4, 0.5) is 11.5 Å². The van der Waals surface area contributed by atoms with Crippen molar-refractivity contribution in [2.75, 3.05) is 55.4 Å². The van der Waals surface area contributed by atoms with Crippen molar-refractivity contribution in [2.45, 2.75) is 38.8 Å². The minimum absolute atomic E-state index is 0.0210. The van der Waals surface area contributed by atoms with Gasteiger partial charge in [0.15, 0.2) is 9.84 Å². The van der Waals surface area contributed by atoms with Crippen LogP contribution in [-0.2, 0) is 22.8 Å². The number of likely N-dealkylation sites (N-methyl/N-ethyl adjacent to an activating group) is 1. The lowest BCUT2D eigenvalue weighted by Crippen LogP contribution is -2.36. The minimum atomic E-state index is -3.34. The van der Waals surface area contributed by atoms with E-state index in [2.05, 4.69) is 47.7 Å². The average Bonchev–Trinajstić information content (AvgIpc) is 3.36. The highest BCUT2D eigenvalue weighted by Crippen LogP contribution is 2.37. The molecule has 0 aliphatic carbocycles. The lowest BCUT2D eigenvalue weighted by Gasteiger charge is -2.34. The molecular formula is C29H36ClN5O3S. The Balaban J connectivity index is 1.49. The van der Waals surface area contributed by atoms with Gasteiger partial charge in [0.25, 0.3) is 0 Å². The fourth-order valence-electron chi connectivity index (χ4n) is 5.56. The van der Waals surface area contributed by atoms with Crippen molar-refractivity contribution in [3.63, 3.8) is 0 Å². The van der Waals surface area contributed by atoms with E-state index in [0.717, 1.165) is 76.3 Å². The van der Waals surface area contributed by atoms with Gasteiger partial charge in [0.05, 0.1) is 23.0 Å². The van der Waals surface area contributed by atoms with Crippen LogP contribution < -0.4 is 14.5 Å². The molecule has 1 fully saturated rings. The number of likely N-dealkylation sites (tertiary alicyclic amines) is 1. The molecule has 208 valence electrons. The van der Waals surface area contributed by atoms with Gasteiger partial charge in [-0.1, -0.05) is 42.4 Å². The van der Waals surface area contributed by atoms with Crippen LogP contribution in [0.2, 0.25) is 5.02 Å². The van der Waals surface area contributed by atoms with E-state index in [1.54, 1.807) is 0 Å². The summed E-state index contributed by atoms with van der Waals surface area (Å²) in [4.78, 5) is 16.4. The topological polar surface area (TPSA) is 78.9 Å². The molecule has 2 aliphatic rings. The van der Waals surface area contributed by atoms with Gasteiger partial charge < -0.3 is 19.4 Å². The van der Waals surface area contributed by atoms with Crippen LogP contribution in [0.3, 0.4) is 0 Å². The molecule has 0 bridgehead atoms. The van der Waals surface area contributed by atoms with Crippen molar-refractivity contribution in [2.24, 2.45) is 0 Å². The average molecular weight is 570 g/mol. The number of benzene rings is 2. The molecule has 0 spiro atoms. The molecular weight excluding hydrogens is 534 g/mol. The van der Waals surface area contributed by atoms with Gasteiger partial charge in [-0.25, -0.2) is 8.42 Å². The normalized spacial score (nSPS) is 17.8. The van der Waals surface area contributed by atoms with Gasteiger partial charge in [0, 0.05) is 47.7 Å². The van der Waals surface area contributed by atoms with E-state index in [1.165, 1.54) is 0 Å². The Morgan fingerprint density at radius 2 is 2.00 bits per heavy atom. The fraction of sp³-hybridized carbons (Fsp3) is 0.448. The van der Waals surface area contributed by atoms with Crippen LogP contribution >= 0.6 is 11.6 Å². The zero-order valence-corrected chi connectivity index (χ0v) is 24.2. The zero-order chi connectivity index (χ0) is 27.6. The van der Waals surface area contributed by atoms with E-state index < -0.39 is 9.84 Å². The van der Waals surface area contributed by atoms with E-state index in [1.807, 2.05) is 24.0 Å². The molecule has 3 aromatic rings. The van der Waals surface area contributed by atoms with Crippen LogP contribution in [0.25, 0.3) is 10.8 Å². The molecule has 0 N–H and O–H groups in total. The van der Waals surface area contributed by atoms with Gasteiger partial charge in [-0.2, -0.15) is 9.97 Å². The predicted molar refractivity (Wildman–Crippen MR) is 159 cm³/mol. The Morgan fingerprint density at radius 1 is 1.21 bits per heavy atom. The van der Waals surface area contributed by atoms with Gasteiger partial charge in [-0.15, -0.1) is 0 Å². The lowest BCUT2D eigenvalue weighted by atomic mass is 10.0. The number of anilines is 2. The summed E-state index contributed by atoms with van der Waals surface area (Å²) in [6.45, 7) is 9.34. The van der Waals surface area contributed by atoms with Crippen LogP contribution in [0.1, 0.15) is 31.0 Å². The number of halogens is 1. The standard InChI is InChI=1S/C29H36ClN5O3S/c1-4-34(17-18-39(36,37)5-2)28-23-14-16-35(26-13-7-10-21-9-6-12-24(30)27(21)26)19-25(23)31-29(32-28)38-20-22-11-8-15-33(22)3/h5-7,9-10,12-13,22H,2,4,8,11,14-20H2,1,3H3/t22-/m0/s1. The number of sulfone groups is 1. The molecule has 10 heteroatoms. The molecule has 0 amide bonds. The molecule has 3 heterocycles. The highest BCUT2D eigenvalue weighted by molar-refractivity contribution is 7.94. The minimum Gasteiger partial charge on any atom is -0.462 e. The molecule has 2 aliphatic heterocycles. The molecule has 39 heavy (non-hydrogen) atoms. The third-order valence-electron chi connectivity index (χ3n) is 7.85. The summed E-state index contributed by atoms with van der Waals surface area (Å²) in [5.41, 5.74) is 3.01. The zero-order valence-electron chi connectivity index (χ0n) is 22.6. The maximum Gasteiger partial charge on any atom is 0.318 e. The van der Waals surface area contributed by atoms with Crippen molar-refractivity contribution in [1.82, 2.24) is 14.9 Å². The summed E-state index contributed by atoms with van der Waals surface area (Å²) in [6.07, 6.45) is 2.97. The Morgan fingerprint density at radius 3 is 2.72 bits per heavy atom. The lowest BCUT2D eigenvalue weighted by molar-refractivity contribution is 0.187. The van der Waals surface area contributed by atoms with Crippen molar-refractivity contribution in [1.29, 1.82) is 0 Å². The van der Waals surface area contributed by atoms with Gasteiger partial charge in [0.1, 0.15) is 12.4 Å². The number of nitrogens with zero attached hydrogens (tertiary/aromatic N) is 5. The van der Waals surface area contributed by atoms with E-state index >= 15 is 0 Å². The quantitative estimate of drug-likeness (QED) is 0.347. The van der Waals surface area contributed by atoms with Crippen LogP contribution in [0, 0.1) is 0 Å². The largest absolute Gasteiger partial charge is 0.462 e. The third kappa shape index (κ3) is 6.00. The smallest absolute Gasteiger partial charge is 0.318 e. The summed E-state index contributed by atoms with van der Waals surface area (Å²) in [6, 6.07) is 12.9. The molecule has 0 radical (unpaired) electrons. The number of hydrogen-bond acceptors (Lipinski definition) is 8. The summed E-state index contributed by atoms with van der Waals surface area (Å²) < 4.78 is 30.6.